The molecule has 20 heavy (non-hydrogen) atoms. The van der Waals surface area contributed by atoms with Crippen LogP contribution in [0.1, 0.15) is 20.3 Å². The lowest BCUT2D eigenvalue weighted by Crippen LogP contribution is -2.45. The molecular formula is C15H24N2O2S. The topological polar surface area (TPSA) is 61.4 Å². The molecule has 0 saturated heterocycles. The molecule has 2 amide bonds. The van der Waals surface area contributed by atoms with Crippen LogP contribution in [0, 0.1) is 5.92 Å². The van der Waals surface area contributed by atoms with E-state index in [0.717, 1.165) is 5.75 Å². The van der Waals surface area contributed by atoms with Gasteiger partial charge in [0.25, 0.3) is 0 Å². The second-order valence-electron chi connectivity index (χ2n) is 4.92. The third kappa shape index (κ3) is 6.82. The van der Waals surface area contributed by atoms with Crippen LogP contribution in [0.5, 0.6) is 0 Å². The molecule has 0 aromatic heterocycles. The van der Waals surface area contributed by atoms with Gasteiger partial charge in [0.15, 0.2) is 0 Å². The Morgan fingerprint density at radius 1 is 1.30 bits per heavy atom. The Kier molecular flexibility index (Phi) is 8.14. The molecule has 1 aromatic rings. The molecule has 1 atom stereocenters. The van der Waals surface area contributed by atoms with Crippen molar-refractivity contribution in [3.05, 3.63) is 30.3 Å². The summed E-state index contributed by atoms with van der Waals surface area (Å²) >= 11 is 1.72. The smallest absolute Gasteiger partial charge is 0.315 e. The van der Waals surface area contributed by atoms with Crippen LogP contribution in [0.25, 0.3) is 0 Å². The highest BCUT2D eigenvalue weighted by atomic mass is 32.2. The van der Waals surface area contributed by atoms with Crippen LogP contribution < -0.4 is 10.6 Å². The van der Waals surface area contributed by atoms with Crippen molar-refractivity contribution < 1.29 is 9.90 Å². The molecule has 0 aliphatic rings. The van der Waals surface area contributed by atoms with Crippen LogP contribution in [0.2, 0.25) is 0 Å². The summed E-state index contributed by atoms with van der Waals surface area (Å²) in [6, 6.07) is 9.97. The lowest BCUT2D eigenvalue weighted by Gasteiger charge is -2.21. The molecule has 4 nitrogen and oxygen atoms in total. The Morgan fingerprint density at radius 2 is 2.00 bits per heavy atom. The van der Waals surface area contributed by atoms with Gasteiger partial charge in [0.05, 0.1) is 0 Å². The van der Waals surface area contributed by atoms with E-state index in [4.69, 9.17) is 5.11 Å². The molecule has 0 heterocycles. The minimum Gasteiger partial charge on any atom is -0.396 e. The molecule has 0 saturated carbocycles. The van der Waals surface area contributed by atoms with Gasteiger partial charge in [0.1, 0.15) is 0 Å². The molecule has 0 aliphatic carbocycles. The van der Waals surface area contributed by atoms with E-state index in [2.05, 4.69) is 22.8 Å². The first kappa shape index (κ1) is 16.9. The zero-order valence-corrected chi connectivity index (χ0v) is 13.0. The van der Waals surface area contributed by atoms with Gasteiger partial charge in [-0.1, -0.05) is 32.0 Å². The summed E-state index contributed by atoms with van der Waals surface area (Å²) in [7, 11) is 0. The number of urea groups is 1. The quantitative estimate of drug-likeness (QED) is 0.510. The van der Waals surface area contributed by atoms with Crippen molar-refractivity contribution in [1.29, 1.82) is 0 Å². The molecular weight excluding hydrogens is 272 g/mol. The lowest BCUT2D eigenvalue weighted by atomic mass is 10.0. The van der Waals surface area contributed by atoms with Gasteiger partial charge in [-0.15, -0.1) is 11.8 Å². The summed E-state index contributed by atoms with van der Waals surface area (Å²) in [5.74, 6) is 1.15. The number of rotatable bonds is 8. The van der Waals surface area contributed by atoms with Crippen molar-refractivity contribution in [2.45, 2.75) is 31.2 Å². The molecule has 0 aliphatic heterocycles. The molecule has 0 spiro atoms. The van der Waals surface area contributed by atoms with Crippen LogP contribution in [0.15, 0.2) is 35.2 Å². The molecule has 112 valence electrons. The number of nitrogens with one attached hydrogen (secondary N) is 2. The van der Waals surface area contributed by atoms with Crippen LogP contribution in [0.3, 0.4) is 0 Å². The number of aliphatic hydroxyl groups is 1. The van der Waals surface area contributed by atoms with Crippen LogP contribution >= 0.6 is 11.8 Å². The van der Waals surface area contributed by atoms with Crippen LogP contribution in [0.4, 0.5) is 4.79 Å². The van der Waals surface area contributed by atoms with Gasteiger partial charge < -0.3 is 15.7 Å². The van der Waals surface area contributed by atoms with Gasteiger partial charge in [0, 0.05) is 29.8 Å². The Bertz CT molecular complexity index is 385. The number of carbonyl (C=O) groups is 1. The second kappa shape index (κ2) is 9.66. The Hall–Kier alpha value is -1.20. The molecule has 0 radical (unpaired) electrons. The summed E-state index contributed by atoms with van der Waals surface area (Å²) in [5, 5.41) is 14.7. The van der Waals surface area contributed by atoms with Gasteiger partial charge in [0.2, 0.25) is 0 Å². The zero-order chi connectivity index (χ0) is 14.8. The molecule has 1 unspecified atom stereocenters. The molecule has 5 heteroatoms. The van der Waals surface area contributed by atoms with Crippen molar-refractivity contribution in [1.82, 2.24) is 10.6 Å². The normalized spacial score (nSPS) is 12.2. The number of benzene rings is 1. The van der Waals surface area contributed by atoms with Gasteiger partial charge in [-0.25, -0.2) is 4.79 Å². The number of thioether (sulfide) groups is 1. The van der Waals surface area contributed by atoms with Gasteiger partial charge in [-0.3, -0.25) is 0 Å². The van der Waals surface area contributed by atoms with E-state index < -0.39 is 0 Å². The fourth-order valence-corrected chi connectivity index (χ4v) is 2.57. The standard InChI is InChI=1S/C15H24N2O2S/c1-12(2)14(8-10-18)17-15(19)16-9-11-20-13-6-4-3-5-7-13/h3-7,12,14,18H,8-11H2,1-2H3,(H2,16,17,19). The minimum atomic E-state index is -0.161. The van der Waals surface area contributed by atoms with Crippen molar-refractivity contribution in [2.75, 3.05) is 18.9 Å². The molecule has 3 N–H and O–H groups in total. The molecule has 1 aromatic carbocycles. The molecule has 1 rings (SSSR count). The Labute approximate surface area is 125 Å². The maximum atomic E-state index is 11.7. The first-order valence-corrected chi connectivity index (χ1v) is 7.95. The zero-order valence-electron chi connectivity index (χ0n) is 12.1. The van der Waals surface area contributed by atoms with Crippen molar-refractivity contribution in [3.8, 4) is 0 Å². The van der Waals surface area contributed by atoms with Crippen molar-refractivity contribution in [3.63, 3.8) is 0 Å². The summed E-state index contributed by atoms with van der Waals surface area (Å²) in [4.78, 5) is 12.9. The molecule has 0 fully saturated rings. The number of hydrogen-bond acceptors (Lipinski definition) is 3. The third-order valence-electron chi connectivity index (χ3n) is 2.96. The number of carbonyl (C=O) groups excluding carboxylic acids is 1. The largest absolute Gasteiger partial charge is 0.396 e. The van der Waals surface area contributed by atoms with Crippen LogP contribution in [-0.4, -0.2) is 36.1 Å². The SMILES string of the molecule is CC(C)C(CCO)NC(=O)NCCSc1ccccc1. The Balaban J connectivity index is 2.19. The van der Waals surface area contributed by atoms with E-state index >= 15 is 0 Å². The van der Waals surface area contributed by atoms with Crippen molar-refractivity contribution in [2.24, 2.45) is 5.92 Å². The fourth-order valence-electron chi connectivity index (χ4n) is 1.78. The summed E-state index contributed by atoms with van der Waals surface area (Å²) < 4.78 is 0. The van der Waals surface area contributed by atoms with E-state index in [0.29, 0.717) is 18.9 Å². The number of amides is 2. The maximum absolute atomic E-state index is 11.7. The number of aliphatic hydroxyl groups excluding tert-OH is 1. The first-order chi connectivity index (χ1) is 9.63. The predicted octanol–water partition coefficient (Wildman–Crippen LogP) is 2.48. The second-order valence-corrected chi connectivity index (χ2v) is 6.09. The fraction of sp³-hybridized carbons (Fsp3) is 0.533. The summed E-state index contributed by atoms with van der Waals surface area (Å²) in [6.45, 7) is 4.78. The minimum absolute atomic E-state index is 0.0155. The van der Waals surface area contributed by atoms with Crippen molar-refractivity contribution >= 4 is 17.8 Å². The van der Waals surface area contributed by atoms with Gasteiger partial charge >= 0.3 is 6.03 Å². The average molecular weight is 296 g/mol. The first-order valence-electron chi connectivity index (χ1n) is 6.96. The molecule has 0 bridgehead atoms. The van der Waals surface area contributed by atoms with E-state index in [9.17, 15) is 4.79 Å². The highest BCUT2D eigenvalue weighted by molar-refractivity contribution is 7.99. The van der Waals surface area contributed by atoms with E-state index in [1.165, 1.54) is 4.90 Å². The lowest BCUT2D eigenvalue weighted by molar-refractivity contribution is 0.219. The number of hydrogen-bond donors (Lipinski definition) is 3. The van der Waals surface area contributed by atoms with Gasteiger partial charge in [-0.05, 0) is 24.5 Å². The average Bonchev–Trinajstić information content (AvgIpc) is 2.44. The van der Waals surface area contributed by atoms with E-state index in [-0.39, 0.29) is 18.7 Å². The summed E-state index contributed by atoms with van der Waals surface area (Å²) in [5.41, 5.74) is 0. The van der Waals surface area contributed by atoms with Crippen LogP contribution in [-0.2, 0) is 0 Å². The monoisotopic (exact) mass is 296 g/mol. The highest BCUT2D eigenvalue weighted by Crippen LogP contribution is 2.15. The van der Waals surface area contributed by atoms with E-state index in [1.807, 2.05) is 32.0 Å². The summed E-state index contributed by atoms with van der Waals surface area (Å²) in [6.07, 6.45) is 0.587. The van der Waals surface area contributed by atoms with Gasteiger partial charge in [-0.2, -0.15) is 0 Å². The van der Waals surface area contributed by atoms with E-state index in [1.54, 1.807) is 11.8 Å². The maximum Gasteiger partial charge on any atom is 0.315 e. The third-order valence-corrected chi connectivity index (χ3v) is 3.97. The predicted molar refractivity (Wildman–Crippen MR) is 84.0 cm³/mol. The Morgan fingerprint density at radius 3 is 2.60 bits per heavy atom. The highest BCUT2D eigenvalue weighted by Gasteiger charge is 2.14.